The van der Waals surface area contributed by atoms with Crippen LogP contribution in [0.4, 0.5) is 11.4 Å². The van der Waals surface area contributed by atoms with Gasteiger partial charge >= 0.3 is 0 Å². The highest BCUT2D eigenvalue weighted by Gasteiger charge is 2.22. The first-order valence-corrected chi connectivity index (χ1v) is 21.5. The van der Waals surface area contributed by atoms with Crippen LogP contribution < -0.4 is 15.3 Å². The number of fused-ring (bicyclic) bond motifs is 7. The lowest BCUT2D eigenvalue weighted by atomic mass is 9.90. The molecule has 12 rings (SSSR count). The normalized spacial score (nSPS) is 12.6. The van der Waals surface area contributed by atoms with Crippen molar-refractivity contribution in [1.82, 2.24) is 0 Å². The van der Waals surface area contributed by atoms with Gasteiger partial charge in [-0.1, -0.05) is 164 Å². The molecule has 0 spiro atoms. The summed E-state index contributed by atoms with van der Waals surface area (Å²) in [5.41, 5.74) is 15.3. The number of hydrogen-bond acceptors (Lipinski definition) is 2. The van der Waals surface area contributed by atoms with Crippen molar-refractivity contribution in [1.29, 1.82) is 0 Å². The highest BCUT2D eigenvalue weighted by atomic mass is 16.3. The van der Waals surface area contributed by atoms with Gasteiger partial charge in [-0.25, -0.2) is 0 Å². The fraction of sp³-hybridized carbons (Fsp3) is 0.0333. The number of benzene rings is 10. The summed E-state index contributed by atoms with van der Waals surface area (Å²) >= 11 is 0. The lowest BCUT2D eigenvalue weighted by Gasteiger charge is -2.31. The Labute approximate surface area is 360 Å². The van der Waals surface area contributed by atoms with Crippen molar-refractivity contribution >= 4 is 66.1 Å². The Hall–Kier alpha value is -7.94. The molecule has 0 saturated carbocycles. The first kappa shape index (κ1) is 36.0. The molecule has 1 aliphatic carbocycles. The van der Waals surface area contributed by atoms with Gasteiger partial charge in [0.15, 0.2) is 0 Å². The summed E-state index contributed by atoms with van der Waals surface area (Å²) in [6, 6.07) is 81.5. The molecule has 0 fully saturated rings. The first-order valence-electron chi connectivity index (χ1n) is 21.5. The van der Waals surface area contributed by atoms with Gasteiger partial charge in [0.05, 0.1) is 0 Å². The van der Waals surface area contributed by atoms with Crippen LogP contribution in [0.5, 0.6) is 0 Å². The van der Waals surface area contributed by atoms with E-state index in [1.54, 1.807) is 0 Å². The van der Waals surface area contributed by atoms with E-state index in [1.807, 2.05) is 0 Å². The fourth-order valence-electron chi connectivity index (χ4n) is 9.82. The maximum Gasteiger partial charge on any atom is 0.135 e. The van der Waals surface area contributed by atoms with Crippen LogP contribution in [0.3, 0.4) is 0 Å². The SMILES string of the molecule is c1ccc(-c2ccc(N(C3=c4ccccc4=C(c4ccc5oc6ccc(-c7cccc(-c8cc9ccccc9c9ccccc89)c7)cc6c5c4)CC3)c3ccccc3)cc2)cc1. The lowest BCUT2D eigenvalue weighted by Crippen LogP contribution is -2.37. The highest BCUT2D eigenvalue weighted by molar-refractivity contribution is 6.14. The Morgan fingerprint density at radius 1 is 0.323 bits per heavy atom. The van der Waals surface area contributed by atoms with Crippen molar-refractivity contribution < 1.29 is 4.42 Å². The second-order valence-corrected chi connectivity index (χ2v) is 16.4. The van der Waals surface area contributed by atoms with Crippen LogP contribution in [0.1, 0.15) is 18.4 Å². The highest BCUT2D eigenvalue weighted by Crippen LogP contribution is 2.40. The van der Waals surface area contributed by atoms with Crippen molar-refractivity contribution in [3.8, 4) is 33.4 Å². The van der Waals surface area contributed by atoms with Crippen LogP contribution in [-0.2, 0) is 0 Å². The van der Waals surface area contributed by atoms with E-state index in [0.29, 0.717) is 0 Å². The lowest BCUT2D eigenvalue weighted by molar-refractivity contribution is 0.669. The van der Waals surface area contributed by atoms with Crippen LogP contribution in [0, 0.1) is 0 Å². The van der Waals surface area contributed by atoms with Gasteiger partial charge in [-0.3, -0.25) is 0 Å². The largest absolute Gasteiger partial charge is 0.456 e. The Morgan fingerprint density at radius 2 is 0.871 bits per heavy atom. The Kier molecular flexibility index (Phi) is 8.67. The minimum absolute atomic E-state index is 0.902. The molecule has 0 bridgehead atoms. The summed E-state index contributed by atoms with van der Waals surface area (Å²) in [5, 5.41) is 9.90. The van der Waals surface area contributed by atoms with Gasteiger partial charge < -0.3 is 9.32 Å². The molecular weight excluding hydrogens is 751 g/mol. The zero-order valence-electron chi connectivity index (χ0n) is 34.1. The molecule has 2 heteroatoms. The van der Waals surface area contributed by atoms with Crippen molar-refractivity contribution in [3.05, 3.63) is 240 Å². The van der Waals surface area contributed by atoms with E-state index in [1.165, 1.54) is 82.2 Å². The molecule has 11 aromatic rings. The average Bonchev–Trinajstić information content (AvgIpc) is 3.72. The smallest absolute Gasteiger partial charge is 0.135 e. The van der Waals surface area contributed by atoms with E-state index in [-0.39, 0.29) is 0 Å². The number of para-hydroxylation sites is 1. The van der Waals surface area contributed by atoms with E-state index >= 15 is 0 Å². The summed E-state index contributed by atoms with van der Waals surface area (Å²) in [6.07, 6.45) is 1.82. The molecule has 0 aliphatic heterocycles. The zero-order valence-corrected chi connectivity index (χ0v) is 34.1. The van der Waals surface area contributed by atoms with Gasteiger partial charge in [0.2, 0.25) is 0 Å². The standard InChI is InChI=1S/C60H41NO/c1-3-14-40(15-4-1)41-26-30-48(31-27-41)61(47-19-5-2-6-20-47)58-33-32-50(52-23-11-12-25-54(52)58)46-29-35-60-57(39-46)56-37-43(28-34-59(56)62-60)42-17-13-18-44(36-42)55-38-45-16-7-8-21-49(45)51-22-9-10-24-53(51)55/h1-31,34-39H,32-33H2. The fourth-order valence-corrected chi connectivity index (χ4v) is 9.82. The number of anilines is 2. The quantitative estimate of drug-likeness (QED) is 0.150. The van der Waals surface area contributed by atoms with E-state index in [0.717, 1.165) is 46.2 Å². The molecule has 1 aliphatic rings. The molecule has 0 unspecified atom stereocenters. The second-order valence-electron chi connectivity index (χ2n) is 16.4. The van der Waals surface area contributed by atoms with Gasteiger partial charge in [0.1, 0.15) is 11.2 Å². The summed E-state index contributed by atoms with van der Waals surface area (Å²) in [5.74, 6) is 0. The predicted octanol–water partition coefficient (Wildman–Crippen LogP) is 14.8. The second kappa shape index (κ2) is 15.0. The Balaban J connectivity index is 0.962. The van der Waals surface area contributed by atoms with Crippen LogP contribution in [0.25, 0.3) is 88.1 Å². The number of hydrogen-bond donors (Lipinski definition) is 0. The minimum Gasteiger partial charge on any atom is -0.456 e. The third kappa shape index (κ3) is 6.19. The molecule has 2 nitrogen and oxygen atoms in total. The van der Waals surface area contributed by atoms with Crippen LogP contribution in [0.15, 0.2) is 229 Å². The Morgan fingerprint density at radius 3 is 1.66 bits per heavy atom. The van der Waals surface area contributed by atoms with E-state index in [2.05, 4.69) is 229 Å². The third-order valence-electron chi connectivity index (χ3n) is 12.8. The van der Waals surface area contributed by atoms with Crippen molar-refractivity contribution in [3.63, 3.8) is 0 Å². The van der Waals surface area contributed by atoms with Gasteiger partial charge in [-0.05, 0) is 145 Å². The van der Waals surface area contributed by atoms with E-state index in [4.69, 9.17) is 4.42 Å². The van der Waals surface area contributed by atoms with Crippen LogP contribution in [-0.4, -0.2) is 0 Å². The summed E-state index contributed by atoms with van der Waals surface area (Å²) < 4.78 is 6.50. The Bertz CT molecular complexity index is 3620. The summed E-state index contributed by atoms with van der Waals surface area (Å²) in [7, 11) is 0. The van der Waals surface area contributed by atoms with Gasteiger partial charge in [-0.2, -0.15) is 0 Å². The molecule has 1 aromatic heterocycles. The monoisotopic (exact) mass is 791 g/mol. The van der Waals surface area contributed by atoms with Gasteiger partial charge in [0.25, 0.3) is 0 Å². The maximum absolute atomic E-state index is 6.50. The average molecular weight is 792 g/mol. The molecule has 0 radical (unpaired) electrons. The molecule has 0 amide bonds. The number of rotatable bonds is 7. The van der Waals surface area contributed by atoms with E-state index < -0.39 is 0 Å². The molecule has 0 N–H and O–H groups in total. The number of furan rings is 1. The molecule has 1 heterocycles. The maximum atomic E-state index is 6.50. The third-order valence-corrected chi connectivity index (χ3v) is 12.8. The molecule has 0 saturated heterocycles. The first-order chi connectivity index (χ1) is 30.7. The summed E-state index contributed by atoms with van der Waals surface area (Å²) in [6.45, 7) is 0. The molecule has 62 heavy (non-hydrogen) atoms. The molecule has 0 atom stereocenters. The molecular formula is C60H41NO. The van der Waals surface area contributed by atoms with Crippen molar-refractivity contribution in [2.24, 2.45) is 0 Å². The summed E-state index contributed by atoms with van der Waals surface area (Å²) in [4.78, 5) is 2.45. The number of nitrogens with zero attached hydrogens (tertiary/aromatic N) is 1. The zero-order chi connectivity index (χ0) is 41.0. The van der Waals surface area contributed by atoms with Gasteiger partial charge in [-0.15, -0.1) is 0 Å². The molecule has 10 aromatic carbocycles. The predicted molar refractivity (Wildman–Crippen MR) is 261 cm³/mol. The van der Waals surface area contributed by atoms with Crippen LogP contribution >= 0.6 is 0 Å². The minimum atomic E-state index is 0.902. The van der Waals surface area contributed by atoms with Crippen LogP contribution in [0.2, 0.25) is 0 Å². The van der Waals surface area contributed by atoms with Gasteiger partial charge in [0, 0.05) is 33.1 Å². The topological polar surface area (TPSA) is 16.4 Å². The van der Waals surface area contributed by atoms with Crippen molar-refractivity contribution in [2.45, 2.75) is 12.8 Å². The van der Waals surface area contributed by atoms with Crippen molar-refractivity contribution in [2.75, 3.05) is 4.90 Å². The molecule has 292 valence electrons. The van der Waals surface area contributed by atoms with E-state index in [9.17, 15) is 0 Å².